The van der Waals surface area contributed by atoms with E-state index in [1.165, 1.54) is 148 Å². The molecule has 0 aromatic rings. The van der Waals surface area contributed by atoms with Crippen LogP contribution in [-0.2, 0) is 28.6 Å². The van der Waals surface area contributed by atoms with E-state index in [9.17, 15) is 14.4 Å². The number of unbranched alkanes of at least 4 members (excludes halogenated alkanes) is 31. The topological polar surface area (TPSA) is 78.9 Å². The molecule has 1 unspecified atom stereocenters. The van der Waals surface area contributed by atoms with Crippen LogP contribution in [0.1, 0.15) is 297 Å². The summed E-state index contributed by atoms with van der Waals surface area (Å²) in [6.45, 7) is 6.47. The van der Waals surface area contributed by atoms with Gasteiger partial charge >= 0.3 is 17.9 Å². The standard InChI is InChI=1S/C64H112O6/c1-4-7-10-13-15-17-19-21-23-25-27-29-30-31-32-33-34-35-37-38-40-42-44-46-48-51-54-57-63(66)69-60-61(59-68-62(65)56-53-50-12-9-6-3)70-64(67)58-55-52-49-47-45-43-41-39-36-28-26-24-22-20-18-16-14-11-8-5-2/h7,10,15,17,21,23,27,29,31-32,34-35,61H,4-6,8-9,11-14,16,18-20,22,24-26,28,30,33,36-60H2,1-3H3/b10-7-,17-15-,23-21-,29-27-,32-31-,35-34-. The van der Waals surface area contributed by atoms with Gasteiger partial charge in [0, 0.05) is 19.3 Å². The smallest absolute Gasteiger partial charge is 0.306 e. The molecule has 0 bridgehead atoms. The van der Waals surface area contributed by atoms with Crippen molar-refractivity contribution in [2.75, 3.05) is 13.2 Å². The zero-order valence-corrected chi connectivity index (χ0v) is 46.3. The first-order valence-corrected chi connectivity index (χ1v) is 29.9. The quantitative estimate of drug-likeness (QED) is 0.0261. The van der Waals surface area contributed by atoms with Gasteiger partial charge in [0.2, 0.25) is 0 Å². The minimum atomic E-state index is -0.773. The van der Waals surface area contributed by atoms with Crippen molar-refractivity contribution in [3.63, 3.8) is 0 Å². The summed E-state index contributed by atoms with van der Waals surface area (Å²) in [6.07, 6.45) is 75.2. The van der Waals surface area contributed by atoms with Crippen LogP contribution in [0.3, 0.4) is 0 Å². The molecule has 404 valence electrons. The fraction of sp³-hybridized carbons (Fsp3) is 0.766. The highest BCUT2D eigenvalue weighted by atomic mass is 16.6. The highest BCUT2D eigenvalue weighted by Crippen LogP contribution is 2.17. The van der Waals surface area contributed by atoms with Gasteiger partial charge in [0.1, 0.15) is 13.2 Å². The van der Waals surface area contributed by atoms with Crippen LogP contribution < -0.4 is 0 Å². The molecule has 0 saturated heterocycles. The molecule has 6 nitrogen and oxygen atoms in total. The maximum absolute atomic E-state index is 12.8. The van der Waals surface area contributed by atoms with Crippen LogP contribution in [0.4, 0.5) is 0 Å². The van der Waals surface area contributed by atoms with Gasteiger partial charge in [-0.2, -0.15) is 0 Å². The van der Waals surface area contributed by atoms with Crippen LogP contribution in [0.25, 0.3) is 0 Å². The Balaban J connectivity index is 4.08. The third-order valence-electron chi connectivity index (χ3n) is 13.0. The fourth-order valence-electron chi connectivity index (χ4n) is 8.51. The number of hydrogen-bond donors (Lipinski definition) is 0. The molecule has 1 atom stereocenters. The molecular formula is C64H112O6. The summed E-state index contributed by atoms with van der Waals surface area (Å²) in [4.78, 5) is 37.8. The van der Waals surface area contributed by atoms with Crippen LogP contribution in [0, 0.1) is 0 Å². The lowest BCUT2D eigenvalue weighted by Crippen LogP contribution is -2.30. The molecule has 0 aliphatic carbocycles. The Morgan fingerprint density at radius 2 is 0.557 bits per heavy atom. The lowest BCUT2D eigenvalue weighted by Gasteiger charge is -2.18. The summed E-state index contributed by atoms with van der Waals surface area (Å²) in [6, 6.07) is 0. The molecule has 0 aromatic carbocycles. The van der Waals surface area contributed by atoms with E-state index in [1.807, 2.05) is 0 Å². The maximum Gasteiger partial charge on any atom is 0.306 e. The highest BCUT2D eigenvalue weighted by molar-refractivity contribution is 5.71. The van der Waals surface area contributed by atoms with Crippen molar-refractivity contribution in [2.45, 2.75) is 303 Å². The number of hydrogen-bond acceptors (Lipinski definition) is 6. The average molecular weight is 978 g/mol. The summed E-state index contributed by atoms with van der Waals surface area (Å²) < 4.78 is 16.7. The lowest BCUT2D eigenvalue weighted by atomic mass is 10.0. The summed E-state index contributed by atoms with van der Waals surface area (Å²) in [5, 5.41) is 0. The molecule has 0 rings (SSSR count). The molecule has 0 amide bonds. The van der Waals surface area contributed by atoms with E-state index in [1.54, 1.807) is 0 Å². The molecule has 0 aliphatic rings. The number of ether oxygens (including phenoxy) is 3. The van der Waals surface area contributed by atoms with Crippen molar-refractivity contribution in [3.8, 4) is 0 Å². The monoisotopic (exact) mass is 977 g/mol. The molecule has 0 fully saturated rings. The van der Waals surface area contributed by atoms with Gasteiger partial charge in [-0.05, 0) is 70.6 Å². The van der Waals surface area contributed by atoms with Gasteiger partial charge in [-0.3, -0.25) is 14.4 Å². The van der Waals surface area contributed by atoms with E-state index in [0.29, 0.717) is 19.3 Å². The number of carbonyl (C=O) groups excluding carboxylic acids is 3. The van der Waals surface area contributed by atoms with E-state index in [4.69, 9.17) is 14.2 Å². The van der Waals surface area contributed by atoms with Crippen molar-refractivity contribution in [1.29, 1.82) is 0 Å². The van der Waals surface area contributed by atoms with Gasteiger partial charge in [-0.15, -0.1) is 0 Å². The molecule has 0 saturated carbocycles. The zero-order valence-electron chi connectivity index (χ0n) is 46.3. The predicted molar refractivity (Wildman–Crippen MR) is 302 cm³/mol. The van der Waals surface area contributed by atoms with E-state index in [0.717, 1.165) is 109 Å². The van der Waals surface area contributed by atoms with Gasteiger partial charge < -0.3 is 14.2 Å². The van der Waals surface area contributed by atoms with Crippen molar-refractivity contribution in [2.24, 2.45) is 0 Å². The number of esters is 3. The molecule has 0 N–H and O–H groups in total. The van der Waals surface area contributed by atoms with Crippen molar-refractivity contribution >= 4 is 17.9 Å². The molecular weight excluding hydrogens is 865 g/mol. The summed E-state index contributed by atoms with van der Waals surface area (Å²) >= 11 is 0. The molecule has 0 aliphatic heterocycles. The van der Waals surface area contributed by atoms with Crippen molar-refractivity contribution in [3.05, 3.63) is 72.9 Å². The normalized spacial score (nSPS) is 12.6. The van der Waals surface area contributed by atoms with E-state index < -0.39 is 6.10 Å². The first-order valence-electron chi connectivity index (χ1n) is 29.9. The first kappa shape index (κ1) is 66.9. The van der Waals surface area contributed by atoms with Gasteiger partial charge in [0.05, 0.1) is 0 Å². The van der Waals surface area contributed by atoms with Crippen LogP contribution in [-0.4, -0.2) is 37.2 Å². The Kier molecular flexibility index (Phi) is 55.8. The summed E-state index contributed by atoms with van der Waals surface area (Å²) in [5.41, 5.74) is 0. The SMILES string of the molecule is CC/C=C\C/C=C\C/C=C\C/C=C\C/C=C\C/C=C\CCCCCCCCCCC(=O)OCC(COC(=O)CCCCCCC)OC(=O)CCCCCCCCCCCCCCCCCCCCCC. The van der Waals surface area contributed by atoms with E-state index in [2.05, 4.69) is 93.7 Å². The largest absolute Gasteiger partial charge is 0.462 e. The maximum atomic E-state index is 12.8. The van der Waals surface area contributed by atoms with Gasteiger partial charge in [0.15, 0.2) is 6.10 Å². The number of allylic oxidation sites excluding steroid dienone is 12. The van der Waals surface area contributed by atoms with E-state index >= 15 is 0 Å². The Bertz CT molecular complexity index is 1310. The van der Waals surface area contributed by atoms with E-state index in [-0.39, 0.29) is 31.1 Å². The lowest BCUT2D eigenvalue weighted by molar-refractivity contribution is -0.167. The molecule has 0 spiro atoms. The highest BCUT2D eigenvalue weighted by Gasteiger charge is 2.19. The third-order valence-corrected chi connectivity index (χ3v) is 13.0. The third kappa shape index (κ3) is 55.8. The average Bonchev–Trinajstić information content (AvgIpc) is 3.36. The van der Waals surface area contributed by atoms with Gasteiger partial charge in [0.25, 0.3) is 0 Å². The molecule has 6 heteroatoms. The molecule has 70 heavy (non-hydrogen) atoms. The Labute approximate surface area is 433 Å². The van der Waals surface area contributed by atoms with Gasteiger partial charge in [-0.1, -0.05) is 280 Å². The Morgan fingerprint density at radius 3 is 0.871 bits per heavy atom. The molecule has 0 heterocycles. The predicted octanol–water partition coefficient (Wildman–Crippen LogP) is 20.2. The van der Waals surface area contributed by atoms with Crippen molar-refractivity contribution < 1.29 is 28.6 Å². The molecule has 0 aromatic heterocycles. The minimum Gasteiger partial charge on any atom is -0.462 e. The minimum absolute atomic E-state index is 0.0759. The number of rotatable bonds is 54. The summed E-state index contributed by atoms with van der Waals surface area (Å²) in [5.74, 6) is -0.887. The molecule has 0 radical (unpaired) electrons. The van der Waals surface area contributed by atoms with Crippen LogP contribution >= 0.6 is 0 Å². The first-order chi connectivity index (χ1) is 34.5. The second-order valence-electron chi connectivity index (χ2n) is 19.9. The van der Waals surface area contributed by atoms with Crippen molar-refractivity contribution in [1.82, 2.24) is 0 Å². The Hall–Kier alpha value is -3.15. The fourth-order valence-corrected chi connectivity index (χ4v) is 8.51. The van der Waals surface area contributed by atoms with Gasteiger partial charge in [-0.25, -0.2) is 0 Å². The van der Waals surface area contributed by atoms with Crippen LogP contribution in [0.15, 0.2) is 72.9 Å². The summed E-state index contributed by atoms with van der Waals surface area (Å²) in [7, 11) is 0. The second kappa shape index (κ2) is 58.4. The van der Waals surface area contributed by atoms with Crippen LogP contribution in [0.2, 0.25) is 0 Å². The zero-order chi connectivity index (χ0) is 50.7. The van der Waals surface area contributed by atoms with Crippen LogP contribution in [0.5, 0.6) is 0 Å². The number of carbonyl (C=O) groups is 3. The Morgan fingerprint density at radius 1 is 0.300 bits per heavy atom. The second-order valence-corrected chi connectivity index (χ2v) is 19.9.